The number of benzene rings is 1. The van der Waals surface area contributed by atoms with Gasteiger partial charge in [0, 0.05) is 0 Å². The van der Waals surface area contributed by atoms with Gasteiger partial charge < -0.3 is 9.47 Å². The Morgan fingerprint density at radius 3 is 2.46 bits per heavy atom. The Balaban J connectivity index is 2.01. The highest BCUT2D eigenvalue weighted by Gasteiger charge is 2.33. The molecule has 3 heteroatoms. The molecule has 1 aliphatic heterocycles. The number of unbranched alkanes of at least 4 members (excludes halogenated alkanes) is 4. The number of rotatable bonds is 13. The van der Waals surface area contributed by atoms with Crippen LogP contribution in [0.25, 0.3) is 0 Å². The van der Waals surface area contributed by atoms with Crippen LogP contribution in [-0.2, 0) is 14.3 Å². The van der Waals surface area contributed by atoms with E-state index in [9.17, 15) is 4.79 Å². The van der Waals surface area contributed by atoms with Crippen molar-refractivity contribution in [2.45, 2.75) is 77.7 Å². The fourth-order valence-corrected chi connectivity index (χ4v) is 3.91. The second kappa shape index (κ2) is 11.4. The highest BCUT2D eigenvalue weighted by molar-refractivity contribution is 5.73. The van der Waals surface area contributed by atoms with Gasteiger partial charge >= 0.3 is 5.97 Å². The van der Waals surface area contributed by atoms with E-state index in [-0.39, 0.29) is 23.9 Å². The quantitative estimate of drug-likeness (QED) is 0.256. The van der Waals surface area contributed by atoms with E-state index in [2.05, 4.69) is 38.1 Å². The van der Waals surface area contributed by atoms with Crippen molar-refractivity contribution in [1.29, 1.82) is 0 Å². The molecule has 1 aliphatic rings. The van der Waals surface area contributed by atoms with Crippen LogP contribution in [0.2, 0.25) is 0 Å². The molecule has 0 aromatic heterocycles. The largest absolute Gasteiger partial charge is 0.463 e. The summed E-state index contributed by atoms with van der Waals surface area (Å²) in [5.41, 5.74) is 1.26. The van der Waals surface area contributed by atoms with Gasteiger partial charge in [0.2, 0.25) is 0 Å². The third kappa shape index (κ3) is 6.75. The first-order valence-electron chi connectivity index (χ1n) is 10.5. The predicted molar refractivity (Wildman–Crippen MR) is 106 cm³/mol. The van der Waals surface area contributed by atoms with Gasteiger partial charge in [0.1, 0.15) is 12.7 Å². The summed E-state index contributed by atoms with van der Waals surface area (Å²) in [6, 6.07) is 10.5. The van der Waals surface area contributed by atoms with E-state index >= 15 is 0 Å². The molecule has 146 valence electrons. The van der Waals surface area contributed by atoms with Gasteiger partial charge in [0.05, 0.1) is 12.5 Å². The van der Waals surface area contributed by atoms with Crippen molar-refractivity contribution in [3.05, 3.63) is 35.9 Å². The van der Waals surface area contributed by atoms with Crippen LogP contribution in [0.4, 0.5) is 0 Å². The normalized spacial score (nSPS) is 19.6. The molecular weight excluding hydrogens is 324 g/mol. The van der Waals surface area contributed by atoms with Crippen molar-refractivity contribution in [3.8, 4) is 0 Å². The second-order valence-electron chi connectivity index (χ2n) is 7.68. The van der Waals surface area contributed by atoms with Crippen LogP contribution in [0.15, 0.2) is 30.3 Å². The second-order valence-corrected chi connectivity index (χ2v) is 7.68. The van der Waals surface area contributed by atoms with Crippen LogP contribution in [0.5, 0.6) is 0 Å². The van der Waals surface area contributed by atoms with Crippen molar-refractivity contribution in [1.82, 2.24) is 0 Å². The highest BCUT2D eigenvalue weighted by Crippen LogP contribution is 2.38. The Kier molecular flexibility index (Phi) is 9.17. The lowest BCUT2D eigenvalue weighted by Crippen LogP contribution is -2.28. The van der Waals surface area contributed by atoms with Gasteiger partial charge in [-0.1, -0.05) is 89.6 Å². The summed E-state index contributed by atoms with van der Waals surface area (Å²) in [5.74, 6) is 0.522. The molecule has 2 rings (SSSR count). The van der Waals surface area contributed by atoms with Crippen LogP contribution in [0, 0.1) is 11.8 Å². The molecule has 0 bridgehead atoms. The van der Waals surface area contributed by atoms with Gasteiger partial charge in [-0.2, -0.15) is 0 Å². The molecule has 0 N–H and O–H groups in total. The van der Waals surface area contributed by atoms with Gasteiger partial charge in [0.25, 0.3) is 0 Å². The maximum absolute atomic E-state index is 12.6. The first-order chi connectivity index (χ1) is 12.7. The van der Waals surface area contributed by atoms with Crippen LogP contribution in [-0.4, -0.2) is 25.3 Å². The number of epoxide rings is 1. The Morgan fingerprint density at radius 1 is 1.15 bits per heavy atom. The minimum atomic E-state index is -0.128. The molecule has 1 aromatic carbocycles. The van der Waals surface area contributed by atoms with E-state index in [4.69, 9.17) is 9.47 Å². The predicted octanol–water partition coefficient (Wildman–Crippen LogP) is 5.74. The average molecular weight is 361 g/mol. The summed E-state index contributed by atoms with van der Waals surface area (Å²) in [5, 5.41) is 0. The van der Waals surface area contributed by atoms with Crippen LogP contribution >= 0.6 is 0 Å². The van der Waals surface area contributed by atoms with Gasteiger partial charge in [-0.15, -0.1) is 0 Å². The summed E-state index contributed by atoms with van der Waals surface area (Å²) in [4.78, 5) is 12.6. The number of carbonyl (C=O) groups excluding carboxylic acids is 1. The lowest BCUT2D eigenvalue weighted by molar-refractivity contribution is -0.149. The Morgan fingerprint density at radius 2 is 1.85 bits per heavy atom. The van der Waals surface area contributed by atoms with E-state index in [1.165, 1.54) is 44.1 Å². The minimum absolute atomic E-state index is 0.0845. The SMILES string of the molecule is CCCCCCCC(CC)C(c1ccccc1)C(C)C(=O)OCC1CO1. The van der Waals surface area contributed by atoms with Gasteiger partial charge in [-0.3, -0.25) is 4.79 Å². The maximum atomic E-state index is 12.6. The van der Waals surface area contributed by atoms with Gasteiger partial charge in [0.15, 0.2) is 0 Å². The molecule has 3 nitrogen and oxygen atoms in total. The molecule has 0 amide bonds. The smallest absolute Gasteiger partial charge is 0.309 e. The monoisotopic (exact) mass is 360 g/mol. The third-order valence-electron chi connectivity index (χ3n) is 5.62. The molecule has 26 heavy (non-hydrogen) atoms. The molecule has 1 saturated heterocycles. The Bertz CT molecular complexity index is 509. The average Bonchev–Trinajstić information content (AvgIpc) is 3.50. The summed E-state index contributed by atoms with van der Waals surface area (Å²) >= 11 is 0. The van der Waals surface area contributed by atoms with E-state index < -0.39 is 0 Å². The van der Waals surface area contributed by atoms with Crippen LogP contribution in [0.3, 0.4) is 0 Å². The minimum Gasteiger partial charge on any atom is -0.463 e. The lowest BCUT2D eigenvalue weighted by atomic mass is 9.74. The summed E-state index contributed by atoms with van der Waals surface area (Å²) in [6.07, 6.45) is 8.87. The Labute approximate surface area is 159 Å². The van der Waals surface area contributed by atoms with Crippen LogP contribution < -0.4 is 0 Å². The molecule has 1 fully saturated rings. The topological polar surface area (TPSA) is 38.8 Å². The van der Waals surface area contributed by atoms with Gasteiger partial charge in [-0.05, 0) is 23.8 Å². The zero-order valence-electron chi connectivity index (χ0n) is 16.8. The first kappa shape index (κ1) is 21.0. The third-order valence-corrected chi connectivity index (χ3v) is 5.62. The molecule has 0 spiro atoms. The molecule has 1 heterocycles. The molecule has 1 aromatic rings. The molecule has 4 atom stereocenters. The molecule has 0 aliphatic carbocycles. The zero-order valence-corrected chi connectivity index (χ0v) is 16.8. The standard InChI is InChI=1S/C23H36O3/c1-4-6-7-8-10-13-19(5-2)22(20-14-11-9-12-15-20)18(3)23(24)26-17-21-16-25-21/h9,11-12,14-15,18-19,21-22H,4-8,10,13,16-17H2,1-3H3. The number of hydrogen-bond acceptors (Lipinski definition) is 3. The molecule has 0 radical (unpaired) electrons. The maximum Gasteiger partial charge on any atom is 0.309 e. The molecule has 0 saturated carbocycles. The number of ether oxygens (including phenoxy) is 2. The van der Waals surface area contributed by atoms with Crippen molar-refractivity contribution in [3.63, 3.8) is 0 Å². The fraction of sp³-hybridized carbons (Fsp3) is 0.696. The van der Waals surface area contributed by atoms with E-state index in [0.29, 0.717) is 12.5 Å². The highest BCUT2D eigenvalue weighted by atomic mass is 16.6. The zero-order chi connectivity index (χ0) is 18.8. The van der Waals surface area contributed by atoms with Crippen molar-refractivity contribution in [2.24, 2.45) is 11.8 Å². The molecular formula is C23H36O3. The van der Waals surface area contributed by atoms with E-state index in [0.717, 1.165) is 13.0 Å². The van der Waals surface area contributed by atoms with E-state index in [1.54, 1.807) is 0 Å². The fourth-order valence-electron chi connectivity index (χ4n) is 3.91. The van der Waals surface area contributed by atoms with Crippen LogP contribution in [0.1, 0.15) is 77.2 Å². The lowest BCUT2D eigenvalue weighted by Gasteiger charge is -2.31. The van der Waals surface area contributed by atoms with E-state index in [1.807, 2.05) is 13.0 Å². The number of carbonyl (C=O) groups is 1. The van der Waals surface area contributed by atoms with Crippen molar-refractivity contribution in [2.75, 3.05) is 13.2 Å². The molecule has 4 unspecified atom stereocenters. The number of esters is 1. The number of hydrogen-bond donors (Lipinski definition) is 0. The first-order valence-corrected chi connectivity index (χ1v) is 10.5. The van der Waals surface area contributed by atoms with Crippen molar-refractivity contribution < 1.29 is 14.3 Å². The van der Waals surface area contributed by atoms with Gasteiger partial charge in [-0.25, -0.2) is 0 Å². The summed E-state index contributed by atoms with van der Waals surface area (Å²) < 4.78 is 10.7. The summed E-state index contributed by atoms with van der Waals surface area (Å²) in [7, 11) is 0. The Hall–Kier alpha value is -1.35. The van der Waals surface area contributed by atoms with Crippen molar-refractivity contribution >= 4 is 5.97 Å². The summed E-state index contributed by atoms with van der Waals surface area (Å²) in [6.45, 7) is 7.66.